The Kier molecular flexibility index (Phi) is 3.84. The first kappa shape index (κ1) is 16.5. The lowest BCUT2D eigenvalue weighted by Crippen LogP contribution is -2.10. The van der Waals surface area contributed by atoms with Gasteiger partial charge in [-0.15, -0.1) is 11.3 Å². The molecule has 0 saturated carbocycles. The number of thiophene rings is 1. The molecule has 4 nitrogen and oxygen atoms in total. The molecule has 5 heteroatoms. The number of benzene rings is 8. The van der Waals surface area contributed by atoms with E-state index in [4.69, 9.17) is 32.2 Å². The highest BCUT2D eigenvalue weighted by molar-refractivity contribution is 7.25. The van der Waals surface area contributed by atoms with E-state index in [0.717, 1.165) is 0 Å². The number of rotatable bonds is 6. The van der Waals surface area contributed by atoms with E-state index in [9.17, 15) is 12.3 Å². The van der Waals surface area contributed by atoms with Crippen LogP contribution < -0.4 is 4.90 Å². The zero-order chi connectivity index (χ0) is 55.4. The third-order valence-corrected chi connectivity index (χ3v) is 9.86. The van der Waals surface area contributed by atoms with Crippen LogP contribution in [0.5, 0.6) is 0 Å². The topological polar surface area (TPSA) is 42.2 Å². The molecule has 0 aliphatic carbocycles. The van der Waals surface area contributed by atoms with Crippen LogP contribution >= 0.6 is 11.3 Å². The molecule has 0 atom stereocenters. The van der Waals surface area contributed by atoms with Crippen molar-refractivity contribution in [2.45, 2.75) is 0 Å². The fourth-order valence-corrected chi connectivity index (χ4v) is 7.37. The summed E-state index contributed by atoms with van der Waals surface area (Å²) in [5, 5.41) is -0.528. The van der Waals surface area contributed by atoms with Gasteiger partial charge in [-0.1, -0.05) is 133 Å². The Labute approximate surface area is 352 Å². The smallest absolute Gasteiger partial charge is 0.161 e. The van der Waals surface area contributed by atoms with Crippen LogP contribution in [-0.4, -0.2) is 9.97 Å². The van der Waals surface area contributed by atoms with Gasteiger partial charge in [-0.05, 0) is 59.5 Å². The van der Waals surface area contributed by atoms with Crippen molar-refractivity contribution in [2.24, 2.45) is 0 Å². The van der Waals surface area contributed by atoms with E-state index in [1.165, 1.54) is 0 Å². The Bertz CT molecular complexity index is 4450. The zero-order valence-electron chi connectivity index (χ0n) is 49.9. The van der Waals surface area contributed by atoms with Crippen LogP contribution in [0.2, 0.25) is 0 Å². The minimum absolute atomic E-state index is 0.112. The summed E-state index contributed by atoms with van der Waals surface area (Å²) < 4.78 is 206. The van der Waals surface area contributed by atoms with Gasteiger partial charge in [-0.25, -0.2) is 9.97 Å². The van der Waals surface area contributed by atoms with Crippen molar-refractivity contribution in [3.63, 3.8) is 0 Å². The van der Waals surface area contributed by atoms with E-state index in [1.807, 2.05) is 0 Å². The van der Waals surface area contributed by atoms with Gasteiger partial charge in [0.15, 0.2) is 5.82 Å². The molecule has 0 saturated heterocycles. The Hall–Kier alpha value is -7.08. The number of aromatic nitrogens is 2. The molecule has 3 aromatic heterocycles. The third kappa shape index (κ3) is 5.36. The lowest BCUT2D eigenvalue weighted by atomic mass is 10.0. The van der Waals surface area contributed by atoms with Gasteiger partial charge in [0.25, 0.3) is 0 Å². The van der Waals surface area contributed by atoms with Crippen molar-refractivity contribution in [3.05, 3.63) is 188 Å². The SMILES string of the molecule is [2H]c1c([2H])c([2H])c(-c2c([2H])c([2H])c(N(c3c([2H])c(-c4nc(-c5ccccc5)c5ccccc5n4)c4c(oc5c([2H])c([2H])c([2H])c([2H])c54)c3[2H])c3c([2H])c([2H])c4c(sc5c([2H])c([2H])c([2H])c([2H])c54)c3[2H])c([2H])c2[2H])c([2H])c1[2H]. The summed E-state index contributed by atoms with van der Waals surface area (Å²) >= 11 is 0.640. The second kappa shape index (κ2) is 12.8. The Morgan fingerprint density at radius 2 is 1.20 bits per heavy atom. The van der Waals surface area contributed by atoms with Gasteiger partial charge in [0, 0.05) is 64.9 Å². The minimum Gasteiger partial charge on any atom is -0.456 e. The van der Waals surface area contributed by atoms with Crippen LogP contribution in [0.15, 0.2) is 192 Å². The number of nitrogens with zero attached hydrogens (tertiary/aromatic N) is 3. The van der Waals surface area contributed by atoms with Crippen molar-refractivity contribution in [3.8, 4) is 33.8 Å². The number of para-hydroxylation sites is 2. The number of hydrogen-bond donors (Lipinski definition) is 0. The third-order valence-electron chi connectivity index (χ3n) is 8.84. The molecule has 8 aromatic carbocycles. The van der Waals surface area contributed by atoms with Crippen LogP contribution in [0.1, 0.15) is 30.2 Å². The molecule has 55 heavy (non-hydrogen) atoms. The Balaban J connectivity index is 1.37. The highest BCUT2D eigenvalue weighted by atomic mass is 32.1. The van der Waals surface area contributed by atoms with Crippen LogP contribution in [-0.2, 0) is 0 Å². The number of hydrogen-bond acceptors (Lipinski definition) is 5. The first-order valence-corrected chi connectivity index (χ1v) is 17.4. The first-order valence-electron chi connectivity index (χ1n) is 27.6. The van der Waals surface area contributed by atoms with E-state index in [2.05, 4.69) is 0 Å². The highest BCUT2D eigenvalue weighted by Gasteiger charge is 2.23. The Morgan fingerprint density at radius 1 is 0.491 bits per heavy atom. The number of furan rings is 1. The molecule has 0 amide bonds. The highest BCUT2D eigenvalue weighted by Crippen LogP contribution is 2.45. The average Bonchev–Trinajstić information content (AvgIpc) is 4.05. The maximum absolute atomic E-state index is 10.4. The lowest BCUT2D eigenvalue weighted by molar-refractivity contribution is 0.669. The maximum Gasteiger partial charge on any atom is 0.161 e. The lowest BCUT2D eigenvalue weighted by Gasteiger charge is -2.26. The molecular weight excluding hydrogens is 691 g/mol. The quantitative estimate of drug-likeness (QED) is 0.170. The van der Waals surface area contributed by atoms with E-state index < -0.39 is 172 Å². The normalized spacial score (nSPS) is 17.2. The maximum atomic E-state index is 10.4. The standard InChI is InChI=1S/C50H31N3OS/c1-3-13-32(14-4-1)33-23-25-35(26-24-33)53(36-27-28-39-38-17-9-12-22-46(38)55-47(39)31-36)37-29-42(48-41-19-8-11-21-44(41)54-45(48)30-37)50-51-43-20-10-7-18-40(43)49(52-50)34-15-5-2-6-16-34/h1-31H/i1D,3D,4D,8D,9D,11D,12D,13D,14D,17D,19D,21D,22D,23D,24D,25D,26D,27D,28D,29D,30D,31D. The monoisotopic (exact) mass is 743 g/mol. The van der Waals surface area contributed by atoms with Gasteiger partial charge in [0.05, 0.1) is 47.1 Å². The van der Waals surface area contributed by atoms with Gasteiger partial charge in [-0.3, -0.25) is 0 Å². The first-order chi connectivity index (χ1) is 36.4. The van der Waals surface area contributed by atoms with E-state index >= 15 is 0 Å². The summed E-state index contributed by atoms with van der Waals surface area (Å²) in [6.07, 6.45) is 0. The van der Waals surface area contributed by atoms with Crippen molar-refractivity contribution in [1.29, 1.82) is 0 Å². The largest absolute Gasteiger partial charge is 0.456 e. The van der Waals surface area contributed by atoms with E-state index in [1.54, 1.807) is 54.6 Å². The summed E-state index contributed by atoms with van der Waals surface area (Å²) in [7, 11) is 0. The second-order valence-corrected chi connectivity index (χ2v) is 13.1. The predicted molar refractivity (Wildman–Crippen MR) is 231 cm³/mol. The fraction of sp³-hybridized carbons (Fsp3) is 0. The number of anilines is 3. The van der Waals surface area contributed by atoms with Crippen LogP contribution in [0, 0.1) is 0 Å². The van der Waals surface area contributed by atoms with Crippen molar-refractivity contribution >= 4 is 81.4 Å². The number of fused-ring (bicyclic) bond motifs is 7. The fourth-order valence-electron chi connectivity index (χ4n) is 6.40. The molecule has 0 bridgehead atoms. The predicted octanol–water partition coefficient (Wildman–Crippen LogP) is 14.4. The summed E-state index contributed by atoms with van der Waals surface area (Å²) in [6, 6.07) is -2.31. The zero-order valence-corrected chi connectivity index (χ0v) is 28.7. The molecule has 11 aromatic rings. The average molecular weight is 744 g/mol. The summed E-state index contributed by atoms with van der Waals surface area (Å²) in [5.74, 6) is -0.299. The summed E-state index contributed by atoms with van der Waals surface area (Å²) in [6.45, 7) is 0. The van der Waals surface area contributed by atoms with Crippen molar-refractivity contribution in [2.75, 3.05) is 4.90 Å². The van der Waals surface area contributed by atoms with E-state index in [-0.39, 0.29) is 42.3 Å². The molecule has 0 unspecified atom stereocenters. The molecule has 3 heterocycles. The van der Waals surface area contributed by atoms with Crippen LogP contribution in [0.25, 0.3) is 86.8 Å². The summed E-state index contributed by atoms with van der Waals surface area (Å²) in [4.78, 5) is 10.5. The molecule has 0 aliphatic heterocycles. The van der Waals surface area contributed by atoms with Gasteiger partial charge in [-0.2, -0.15) is 0 Å². The van der Waals surface area contributed by atoms with Gasteiger partial charge < -0.3 is 9.32 Å². The van der Waals surface area contributed by atoms with Crippen LogP contribution in [0.3, 0.4) is 0 Å². The minimum atomic E-state index is -1.08. The molecule has 11 rings (SSSR count). The molecule has 0 aliphatic rings. The molecule has 0 fully saturated rings. The Morgan fingerprint density at radius 3 is 2.07 bits per heavy atom. The van der Waals surface area contributed by atoms with Crippen molar-refractivity contribution < 1.29 is 34.6 Å². The van der Waals surface area contributed by atoms with Gasteiger partial charge in [0.1, 0.15) is 11.2 Å². The van der Waals surface area contributed by atoms with E-state index in [0.29, 0.717) is 38.4 Å². The van der Waals surface area contributed by atoms with Gasteiger partial charge >= 0.3 is 0 Å². The molecule has 0 spiro atoms. The molecule has 258 valence electrons. The molecule has 0 radical (unpaired) electrons. The van der Waals surface area contributed by atoms with Gasteiger partial charge in [0.2, 0.25) is 0 Å². The summed E-state index contributed by atoms with van der Waals surface area (Å²) in [5.41, 5.74) is -4.26. The molecule has 0 N–H and O–H groups in total. The molecular formula is C50H31N3OS. The van der Waals surface area contributed by atoms with Crippen molar-refractivity contribution in [1.82, 2.24) is 9.97 Å². The second-order valence-electron chi connectivity index (χ2n) is 12.1. The van der Waals surface area contributed by atoms with Crippen LogP contribution in [0.4, 0.5) is 17.1 Å².